The first-order chi connectivity index (χ1) is 5.97. The maximum atomic E-state index is 11.4. The molecule has 1 fully saturated rings. The number of aliphatic hydroxyl groups is 1. The lowest BCUT2D eigenvalue weighted by Crippen LogP contribution is -2.29. The monoisotopic (exact) mass is 181 g/mol. The van der Waals surface area contributed by atoms with E-state index in [0.29, 0.717) is 13.1 Å². The number of hydrogen-bond donors (Lipinski definition) is 1. The van der Waals surface area contributed by atoms with Crippen LogP contribution < -0.4 is 0 Å². The van der Waals surface area contributed by atoms with Crippen LogP contribution in [0.2, 0.25) is 0 Å². The van der Waals surface area contributed by atoms with Crippen LogP contribution in [0.1, 0.15) is 20.3 Å². The first-order valence-electron chi connectivity index (χ1n) is 4.36. The van der Waals surface area contributed by atoms with Gasteiger partial charge in [-0.25, -0.2) is 0 Å². The number of β-amino-alcohol motifs (C(OH)–C–C–N with tert-alkyl or cyclic N) is 1. The van der Waals surface area contributed by atoms with E-state index in [4.69, 9.17) is 6.42 Å². The number of rotatable bonds is 1. The summed E-state index contributed by atoms with van der Waals surface area (Å²) >= 11 is 0. The van der Waals surface area contributed by atoms with Crippen molar-refractivity contribution in [3.05, 3.63) is 0 Å². The second kappa shape index (κ2) is 3.39. The average Bonchev–Trinajstić information content (AvgIpc) is 2.27. The van der Waals surface area contributed by atoms with Crippen LogP contribution in [0.4, 0.5) is 0 Å². The van der Waals surface area contributed by atoms with E-state index in [0.717, 1.165) is 0 Å². The molecule has 0 radical (unpaired) electrons. The molecule has 0 spiro atoms. The fourth-order valence-electron chi connectivity index (χ4n) is 1.51. The van der Waals surface area contributed by atoms with Gasteiger partial charge in [-0.3, -0.25) is 4.79 Å². The van der Waals surface area contributed by atoms with Crippen molar-refractivity contribution in [2.75, 3.05) is 13.1 Å². The van der Waals surface area contributed by atoms with E-state index in [1.54, 1.807) is 4.90 Å². The Morgan fingerprint density at radius 1 is 1.77 bits per heavy atom. The summed E-state index contributed by atoms with van der Waals surface area (Å²) in [5.74, 6) is 2.25. The summed E-state index contributed by atoms with van der Waals surface area (Å²) in [5.41, 5.74) is -0.204. The van der Waals surface area contributed by atoms with Crippen LogP contribution in [0.3, 0.4) is 0 Å². The summed E-state index contributed by atoms with van der Waals surface area (Å²) in [5, 5.41) is 9.60. The molecule has 1 amide bonds. The Bertz CT molecular complexity index is 252. The van der Waals surface area contributed by atoms with Gasteiger partial charge in [0.25, 0.3) is 0 Å². The summed E-state index contributed by atoms with van der Waals surface area (Å²) in [4.78, 5) is 13.0. The SMILES string of the molecule is C#CCC(=O)N1CC(O)C(C)(C)C1. The zero-order valence-corrected chi connectivity index (χ0v) is 8.08. The third kappa shape index (κ3) is 2.02. The van der Waals surface area contributed by atoms with Gasteiger partial charge in [0.2, 0.25) is 5.91 Å². The molecule has 72 valence electrons. The van der Waals surface area contributed by atoms with Crippen molar-refractivity contribution in [3.8, 4) is 12.3 Å². The number of nitrogens with zero attached hydrogens (tertiary/aromatic N) is 1. The second-order valence-corrected chi connectivity index (χ2v) is 4.16. The molecule has 0 saturated carbocycles. The van der Waals surface area contributed by atoms with Crippen molar-refractivity contribution in [1.29, 1.82) is 0 Å². The second-order valence-electron chi connectivity index (χ2n) is 4.16. The normalized spacial score (nSPS) is 25.7. The van der Waals surface area contributed by atoms with Gasteiger partial charge in [0, 0.05) is 18.5 Å². The summed E-state index contributed by atoms with van der Waals surface area (Å²) < 4.78 is 0. The molecular formula is C10H15NO2. The molecule has 1 aliphatic heterocycles. The van der Waals surface area contributed by atoms with Gasteiger partial charge in [0.1, 0.15) is 0 Å². The Hall–Kier alpha value is -1.01. The fraction of sp³-hybridized carbons (Fsp3) is 0.700. The number of hydrogen-bond acceptors (Lipinski definition) is 2. The quantitative estimate of drug-likeness (QED) is 0.589. The largest absolute Gasteiger partial charge is 0.391 e. The van der Waals surface area contributed by atoms with Gasteiger partial charge in [-0.1, -0.05) is 19.8 Å². The van der Waals surface area contributed by atoms with E-state index in [2.05, 4.69) is 5.92 Å². The highest BCUT2D eigenvalue weighted by Crippen LogP contribution is 2.29. The zero-order valence-electron chi connectivity index (χ0n) is 8.08. The van der Waals surface area contributed by atoms with E-state index < -0.39 is 6.10 Å². The van der Waals surface area contributed by atoms with Gasteiger partial charge in [-0.05, 0) is 0 Å². The third-order valence-electron chi connectivity index (χ3n) is 2.50. The summed E-state index contributed by atoms with van der Waals surface area (Å²) in [6.45, 7) is 4.89. The molecule has 1 rings (SSSR count). The van der Waals surface area contributed by atoms with Crippen LogP contribution in [0.5, 0.6) is 0 Å². The molecule has 1 N–H and O–H groups in total. The third-order valence-corrected chi connectivity index (χ3v) is 2.50. The maximum absolute atomic E-state index is 11.4. The lowest BCUT2D eigenvalue weighted by atomic mass is 9.90. The smallest absolute Gasteiger partial charge is 0.234 e. The van der Waals surface area contributed by atoms with Crippen LogP contribution in [0.15, 0.2) is 0 Å². The van der Waals surface area contributed by atoms with Gasteiger partial charge >= 0.3 is 0 Å². The van der Waals surface area contributed by atoms with Crippen molar-refractivity contribution < 1.29 is 9.90 Å². The van der Waals surface area contributed by atoms with E-state index in [9.17, 15) is 9.90 Å². The topological polar surface area (TPSA) is 40.5 Å². The minimum atomic E-state index is -0.436. The van der Waals surface area contributed by atoms with E-state index in [1.165, 1.54) is 0 Å². The lowest BCUT2D eigenvalue weighted by molar-refractivity contribution is -0.129. The first-order valence-corrected chi connectivity index (χ1v) is 4.36. The van der Waals surface area contributed by atoms with Crippen LogP contribution in [-0.4, -0.2) is 35.1 Å². The van der Waals surface area contributed by atoms with Crippen molar-refractivity contribution in [2.45, 2.75) is 26.4 Å². The van der Waals surface area contributed by atoms with Crippen LogP contribution in [0, 0.1) is 17.8 Å². The number of carbonyl (C=O) groups is 1. The highest BCUT2D eigenvalue weighted by Gasteiger charge is 2.39. The number of aliphatic hydroxyl groups excluding tert-OH is 1. The van der Waals surface area contributed by atoms with Crippen molar-refractivity contribution in [3.63, 3.8) is 0 Å². The van der Waals surface area contributed by atoms with Gasteiger partial charge in [0.05, 0.1) is 12.5 Å². The van der Waals surface area contributed by atoms with E-state index in [1.807, 2.05) is 13.8 Å². The molecule has 1 aliphatic rings. The Morgan fingerprint density at radius 2 is 2.38 bits per heavy atom. The Balaban J connectivity index is 2.60. The Labute approximate surface area is 78.7 Å². The Morgan fingerprint density at radius 3 is 2.77 bits per heavy atom. The molecule has 1 saturated heterocycles. The van der Waals surface area contributed by atoms with Gasteiger partial charge < -0.3 is 10.0 Å². The highest BCUT2D eigenvalue weighted by atomic mass is 16.3. The average molecular weight is 181 g/mol. The van der Waals surface area contributed by atoms with Crippen LogP contribution in [-0.2, 0) is 4.79 Å². The molecule has 0 aromatic carbocycles. The number of terminal acetylenes is 1. The van der Waals surface area contributed by atoms with E-state index >= 15 is 0 Å². The minimum absolute atomic E-state index is 0.0628. The Kier molecular flexibility index (Phi) is 2.63. The fourth-order valence-corrected chi connectivity index (χ4v) is 1.51. The van der Waals surface area contributed by atoms with Gasteiger partial charge in [-0.15, -0.1) is 6.42 Å². The molecule has 0 aromatic heterocycles. The van der Waals surface area contributed by atoms with Gasteiger partial charge in [-0.2, -0.15) is 0 Å². The standard InChI is InChI=1S/C10H15NO2/c1-4-5-9(13)11-6-8(12)10(2,3)7-11/h1,8,12H,5-7H2,2-3H3. The van der Waals surface area contributed by atoms with Crippen LogP contribution >= 0.6 is 0 Å². The first kappa shape index (κ1) is 10.1. The number of amides is 1. The van der Waals surface area contributed by atoms with Crippen molar-refractivity contribution in [1.82, 2.24) is 4.90 Å². The minimum Gasteiger partial charge on any atom is -0.391 e. The molecule has 1 heterocycles. The van der Waals surface area contributed by atoms with Crippen LogP contribution in [0.25, 0.3) is 0 Å². The molecule has 0 bridgehead atoms. The summed E-state index contributed by atoms with van der Waals surface area (Å²) in [6, 6.07) is 0. The predicted octanol–water partition coefficient (Wildman–Crippen LogP) is 0.239. The predicted molar refractivity (Wildman–Crippen MR) is 49.8 cm³/mol. The van der Waals surface area contributed by atoms with Crippen molar-refractivity contribution in [2.24, 2.45) is 5.41 Å². The molecule has 1 atom stereocenters. The number of carbonyl (C=O) groups excluding carboxylic acids is 1. The lowest BCUT2D eigenvalue weighted by Gasteiger charge is -2.20. The molecule has 3 heteroatoms. The number of likely N-dealkylation sites (tertiary alicyclic amines) is 1. The zero-order chi connectivity index (χ0) is 10.1. The van der Waals surface area contributed by atoms with E-state index in [-0.39, 0.29) is 17.7 Å². The molecule has 0 aliphatic carbocycles. The molecule has 13 heavy (non-hydrogen) atoms. The summed E-state index contributed by atoms with van der Waals surface area (Å²) in [7, 11) is 0. The highest BCUT2D eigenvalue weighted by molar-refractivity contribution is 5.79. The molecular weight excluding hydrogens is 166 g/mol. The molecule has 1 unspecified atom stereocenters. The molecule has 3 nitrogen and oxygen atoms in total. The van der Waals surface area contributed by atoms with Gasteiger partial charge in [0.15, 0.2) is 0 Å². The van der Waals surface area contributed by atoms with Crippen molar-refractivity contribution >= 4 is 5.91 Å². The maximum Gasteiger partial charge on any atom is 0.234 e. The molecule has 0 aromatic rings. The summed E-state index contributed by atoms with van der Waals surface area (Å²) in [6.07, 6.45) is 4.73.